The van der Waals surface area contributed by atoms with Gasteiger partial charge in [-0.1, -0.05) is 30.0 Å². The van der Waals surface area contributed by atoms with E-state index in [4.69, 9.17) is 0 Å². The van der Waals surface area contributed by atoms with E-state index in [0.29, 0.717) is 18.4 Å². The van der Waals surface area contributed by atoms with Crippen molar-refractivity contribution in [2.45, 2.75) is 45.1 Å². The van der Waals surface area contributed by atoms with Crippen molar-refractivity contribution in [2.24, 2.45) is 5.92 Å². The summed E-state index contributed by atoms with van der Waals surface area (Å²) >= 11 is 0. The van der Waals surface area contributed by atoms with Crippen LogP contribution in [0.3, 0.4) is 0 Å². The van der Waals surface area contributed by atoms with Gasteiger partial charge >= 0.3 is 29.6 Å². The van der Waals surface area contributed by atoms with Crippen molar-refractivity contribution in [2.75, 3.05) is 6.61 Å². The largest absolute Gasteiger partial charge is 1.00 e. The molecule has 2 aromatic carbocycles. The molecule has 1 saturated carbocycles. The first-order valence-electron chi connectivity index (χ1n) is 10.1. The summed E-state index contributed by atoms with van der Waals surface area (Å²) in [4.78, 5) is 12.9. The van der Waals surface area contributed by atoms with E-state index in [1.165, 1.54) is 12.1 Å². The summed E-state index contributed by atoms with van der Waals surface area (Å²) in [7, 11) is 0. The van der Waals surface area contributed by atoms with Crippen LogP contribution in [-0.4, -0.2) is 23.2 Å². The van der Waals surface area contributed by atoms with Crippen LogP contribution in [0.15, 0.2) is 42.2 Å². The molecule has 0 atom stereocenters. The summed E-state index contributed by atoms with van der Waals surface area (Å²) in [5.41, 5.74) is 3.49. The molecule has 30 heavy (non-hydrogen) atoms. The zero-order valence-corrected chi connectivity index (χ0v) is 19.7. The van der Waals surface area contributed by atoms with Gasteiger partial charge < -0.3 is 15.5 Å². The number of hydrogen-bond donors (Lipinski definition) is 2. The van der Waals surface area contributed by atoms with E-state index in [1.807, 2.05) is 26.0 Å². The summed E-state index contributed by atoms with van der Waals surface area (Å²) in [6.07, 6.45) is 2.57. The topological polar surface area (TPSA) is 72.4 Å². The molecule has 0 bridgehead atoms. The fourth-order valence-corrected chi connectivity index (χ4v) is 4.78. The summed E-state index contributed by atoms with van der Waals surface area (Å²) in [5, 5.41) is 25.8. The number of aliphatic hydroxyl groups excluding tert-OH is 1. The molecule has 1 aliphatic heterocycles. The minimum absolute atomic E-state index is 0. The molecule has 1 aliphatic carbocycles. The number of benzene rings is 2. The minimum Gasteiger partial charge on any atom is -0.873 e. The predicted octanol–water partition coefficient (Wildman–Crippen LogP) is 0.236. The van der Waals surface area contributed by atoms with E-state index in [0.717, 1.165) is 35.1 Å². The molecule has 2 N–H and O–H groups in total. The first-order chi connectivity index (χ1) is 13.9. The second-order valence-electron chi connectivity index (χ2n) is 8.30. The molecule has 1 spiro atoms. The summed E-state index contributed by atoms with van der Waals surface area (Å²) in [6.45, 7) is 3.92. The van der Waals surface area contributed by atoms with E-state index in [2.05, 4.69) is 5.32 Å². The van der Waals surface area contributed by atoms with E-state index < -0.39 is 5.54 Å². The molecule has 4 rings (SSSR count). The zero-order valence-electron chi connectivity index (χ0n) is 17.7. The number of aliphatic hydroxyl groups is 1. The Balaban J connectivity index is 0.00000256. The van der Waals surface area contributed by atoms with Crippen LogP contribution in [0.25, 0.3) is 16.7 Å². The molecular weight excluding hydrogens is 392 g/mol. The van der Waals surface area contributed by atoms with Crippen LogP contribution in [-0.2, 0) is 4.79 Å². The minimum atomic E-state index is -0.844. The van der Waals surface area contributed by atoms with Crippen molar-refractivity contribution in [1.29, 1.82) is 0 Å². The second kappa shape index (κ2) is 8.83. The first-order valence-corrected chi connectivity index (χ1v) is 10.1. The van der Waals surface area contributed by atoms with E-state index in [1.54, 1.807) is 12.1 Å². The van der Waals surface area contributed by atoms with Gasteiger partial charge in [-0.25, -0.2) is 4.39 Å². The summed E-state index contributed by atoms with van der Waals surface area (Å²) in [6, 6.07) is 10.1. The normalized spacial score (nSPS) is 23.5. The van der Waals surface area contributed by atoms with Crippen LogP contribution in [0.2, 0.25) is 0 Å². The van der Waals surface area contributed by atoms with Gasteiger partial charge in [-0.05, 0) is 85.4 Å². The summed E-state index contributed by atoms with van der Waals surface area (Å²) < 4.78 is 13.3. The Kier molecular flexibility index (Phi) is 6.78. The first kappa shape index (κ1) is 23.0. The Morgan fingerprint density at radius 1 is 1.13 bits per heavy atom. The van der Waals surface area contributed by atoms with Gasteiger partial charge in [-0.15, -0.1) is 0 Å². The van der Waals surface area contributed by atoms with E-state index in [-0.39, 0.29) is 65.1 Å². The fourth-order valence-electron chi connectivity index (χ4n) is 4.78. The number of carbonyl (C=O) groups excluding carboxylic acids is 1. The fraction of sp³-hybridized carbons (Fsp3) is 0.375. The van der Waals surface area contributed by atoms with Gasteiger partial charge in [-0.2, -0.15) is 0 Å². The van der Waals surface area contributed by atoms with Gasteiger partial charge in [0.2, 0.25) is 0 Å². The van der Waals surface area contributed by atoms with Crippen molar-refractivity contribution in [3.05, 3.63) is 64.7 Å². The molecule has 0 aromatic heterocycles. The van der Waals surface area contributed by atoms with Gasteiger partial charge in [0.15, 0.2) is 0 Å². The molecule has 2 aliphatic rings. The molecule has 0 unspecified atom stereocenters. The maximum absolute atomic E-state index is 13.5. The predicted molar refractivity (Wildman–Crippen MR) is 108 cm³/mol. The van der Waals surface area contributed by atoms with Crippen molar-refractivity contribution in [1.82, 2.24) is 5.32 Å². The number of hydrogen-bond acceptors (Lipinski definition) is 3. The van der Waals surface area contributed by atoms with Crippen molar-refractivity contribution in [3.8, 4) is 11.1 Å². The van der Waals surface area contributed by atoms with Gasteiger partial charge in [0.05, 0.1) is 5.54 Å². The van der Waals surface area contributed by atoms with Crippen LogP contribution >= 0.6 is 0 Å². The van der Waals surface area contributed by atoms with E-state index >= 15 is 0 Å². The van der Waals surface area contributed by atoms with Gasteiger partial charge in [-0.3, -0.25) is 4.79 Å². The zero-order chi connectivity index (χ0) is 20.8. The third-order valence-corrected chi connectivity index (χ3v) is 6.54. The van der Waals surface area contributed by atoms with Gasteiger partial charge in [0.25, 0.3) is 5.91 Å². The average molecular weight is 417 g/mol. The Hall–Kier alpha value is -1.66. The van der Waals surface area contributed by atoms with E-state index in [9.17, 15) is 19.4 Å². The van der Waals surface area contributed by atoms with Crippen LogP contribution in [0.1, 0.15) is 42.4 Å². The van der Waals surface area contributed by atoms with Crippen LogP contribution in [0, 0.1) is 25.6 Å². The number of rotatable bonds is 3. The van der Waals surface area contributed by atoms with Crippen molar-refractivity contribution < 1.29 is 49.0 Å². The standard InChI is InChI=1S/C24H26FNO3.Na/c1-14-3-8-19(17-4-6-18(25)7-5-17)15(2)20(14)21-22(28)24(26-23(21)29)11-9-16(13-27)10-12-24;/h3-8,16,27-28H,9-13H2,1-2H3,(H,26,29);/q;+1/p-1. The second-order valence-corrected chi connectivity index (χ2v) is 8.30. The molecule has 1 fully saturated rings. The molecule has 1 amide bonds. The van der Waals surface area contributed by atoms with Gasteiger partial charge in [0.1, 0.15) is 5.82 Å². The third kappa shape index (κ3) is 3.84. The van der Waals surface area contributed by atoms with Crippen LogP contribution in [0.4, 0.5) is 4.39 Å². The Labute approximate surface area is 198 Å². The molecular formula is C24H25FNNaO3. The Morgan fingerprint density at radius 3 is 2.37 bits per heavy atom. The number of amides is 1. The van der Waals surface area contributed by atoms with Crippen molar-refractivity contribution >= 4 is 11.5 Å². The SMILES string of the molecule is Cc1ccc(-c2ccc(F)cc2)c(C)c1C1=C([O-])C2(CCC(CO)CC2)NC1=O.[Na+]. The molecule has 152 valence electrons. The maximum atomic E-state index is 13.5. The van der Waals surface area contributed by atoms with Crippen LogP contribution < -0.4 is 40.0 Å². The smallest absolute Gasteiger partial charge is 0.873 e. The number of nitrogens with one attached hydrogen (secondary N) is 1. The Bertz CT molecular complexity index is 992. The molecule has 0 radical (unpaired) electrons. The number of aryl methyl sites for hydroxylation is 1. The average Bonchev–Trinajstić information content (AvgIpc) is 2.94. The molecule has 4 nitrogen and oxygen atoms in total. The molecule has 6 heteroatoms. The molecule has 0 saturated heterocycles. The quantitative estimate of drug-likeness (QED) is 0.703. The van der Waals surface area contributed by atoms with Crippen LogP contribution in [0.5, 0.6) is 0 Å². The molecule has 2 aromatic rings. The number of carbonyl (C=O) groups is 1. The monoisotopic (exact) mass is 417 g/mol. The van der Waals surface area contributed by atoms with Gasteiger partial charge in [0, 0.05) is 12.2 Å². The maximum Gasteiger partial charge on any atom is 1.00 e. The molecule has 1 heterocycles. The Morgan fingerprint density at radius 2 is 1.77 bits per heavy atom. The number of halogens is 1. The summed E-state index contributed by atoms with van der Waals surface area (Å²) in [5.74, 6) is -0.570. The third-order valence-electron chi connectivity index (χ3n) is 6.54. The van der Waals surface area contributed by atoms with Crippen molar-refractivity contribution in [3.63, 3.8) is 0 Å².